The summed E-state index contributed by atoms with van der Waals surface area (Å²) in [6, 6.07) is 14.6. The van der Waals surface area contributed by atoms with E-state index in [2.05, 4.69) is 17.2 Å². The maximum Gasteiger partial charge on any atom is 0.267 e. The number of unbranched alkanes of at least 4 members (excludes halogenated alkanes) is 9. The van der Waals surface area contributed by atoms with Crippen molar-refractivity contribution in [2.24, 2.45) is 0 Å². The number of hydrogen-bond acceptors (Lipinski definition) is 7. The van der Waals surface area contributed by atoms with Crippen LogP contribution in [0.5, 0.6) is 0 Å². The average Bonchev–Trinajstić information content (AvgIpc) is 3.26. The minimum Gasteiger partial charge on any atom is -0.387 e. The number of anilines is 1. The molecule has 3 aromatic rings. The maximum absolute atomic E-state index is 13.5. The molecule has 0 radical (unpaired) electrons. The molecule has 1 saturated heterocycles. The summed E-state index contributed by atoms with van der Waals surface area (Å²) in [5, 5.41) is 13.8. The number of carbonyl (C=O) groups is 1. The zero-order valence-corrected chi connectivity index (χ0v) is 25.4. The van der Waals surface area contributed by atoms with Gasteiger partial charge in [0.25, 0.3) is 11.5 Å². The molecule has 218 valence electrons. The van der Waals surface area contributed by atoms with E-state index < -0.39 is 6.10 Å². The molecule has 2 aromatic heterocycles. The summed E-state index contributed by atoms with van der Waals surface area (Å²) in [6.07, 6.45) is 14.7. The number of thiocarbonyl (C=S) groups is 1. The second-order valence-corrected chi connectivity index (χ2v) is 12.1. The Bertz CT molecular complexity index is 1410. The molecule has 1 aliphatic heterocycles. The molecule has 0 aliphatic carbocycles. The number of amides is 1. The molecule has 1 aliphatic rings. The highest BCUT2D eigenvalue weighted by molar-refractivity contribution is 8.26. The summed E-state index contributed by atoms with van der Waals surface area (Å²) >= 11 is 6.76. The number of fused-ring (bicyclic) bond motifs is 1. The average molecular weight is 593 g/mol. The fourth-order valence-electron chi connectivity index (χ4n) is 4.94. The van der Waals surface area contributed by atoms with Crippen molar-refractivity contribution in [3.63, 3.8) is 0 Å². The van der Waals surface area contributed by atoms with Gasteiger partial charge in [-0.1, -0.05) is 125 Å². The van der Waals surface area contributed by atoms with E-state index in [4.69, 9.17) is 12.2 Å². The standard InChI is InChI=1S/C32H40N4O3S2/c1-2-3-4-5-6-7-8-9-10-15-21-36-31(39)27(41-32(36)40)22-25-29(33-23-26(37)24-17-12-11-13-18-24)34-28-19-14-16-20-35(28)30(25)38/h11-14,16-20,22,26,33,37H,2-10,15,21,23H2,1H3. The lowest BCUT2D eigenvalue weighted by Gasteiger charge is -2.15. The minimum atomic E-state index is -0.792. The summed E-state index contributed by atoms with van der Waals surface area (Å²) in [6.45, 7) is 2.98. The van der Waals surface area contributed by atoms with Crippen LogP contribution in [0.25, 0.3) is 11.7 Å². The zero-order valence-electron chi connectivity index (χ0n) is 23.8. The third-order valence-corrected chi connectivity index (χ3v) is 8.68. The van der Waals surface area contributed by atoms with Crippen LogP contribution in [0.2, 0.25) is 0 Å². The van der Waals surface area contributed by atoms with E-state index in [9.17, 15) is 14.7 Å². The number of thioether (sulfide) groups is 1. The molecule has 0 saturated carbocycles. The predicted octanol–water partition coefficient (Wildman–Crippen LogP) is 6.96. The highest BCUT2D eigenvalue weighted by atomic mass is 32.2. The second kappa shape index (κ2) is 15.8. The topological polar surface area (TPSA) is 86.9 Å². The van der Waals surface area contributed by atoms with Crippen molar-refractivity contribution >= 4 is 51.7 Å². The van der Waals surface area contributed by atoms with Crippen LogP contribution >= 0.6 is 24.0 Å². The van der Waals surface area contributed by atoms with Gasteiger partial charge in [0.1, 0.15) is 15.8 Å². The van der Waals surface area contributed by atoms with Crippen LogP contribution in [-0.4, -0.2) is 42.7 Å². The lowest BCUT2D eigenvalue weighted by Crippen LogP contribution is -2.29. The zero-order chi connectivity index (χ0) is 29.0. The quantitative estimate of drug-likeness (QED) is 0.106. The third kappa shape index (κ3) is 8.50. The van der Waals surface area contributed by atoms with Crippen molar-refractivity contribution in [1.82, 2.24) is 14.3 Å². The van der Waals surface area contributed by atoms with Gasteiger partial charge in [0.15, 0.2) is 0 Å². The van der Waals surface area contributed by atoms with E-state index in [-0.39, 0.29) is 23.6 Å². The molecule has 2 N–H and O–H groups in total. The van der Waals surface area contributed by atoms with Gasteiger partial charge < -0.3 is 10.4 Å². The number of aliphatic hydroxyl groups excluding tert-OH is 1. The summed E-state index contributed by atoms with van der Waals surface area (Å²) < 4.78 is 1.97. The largest absolute Gasteiger partial charge is 0.387 e. The van der Waals surface area contributed by atoms with Crippen molar-refractivity contribution in [2.45, 2.75) is 77.2 Å². The number of aliphatic hydroxyl groups is 1. The Labute approximate surface area is 252 Å². The van der Waals surface area contributed by atoms with Crippen molar-refractivity contribution in [3.8, 4) is 0 Å². The van der Waals surface area contributed by atoms with Crippen molar-refractivity contribution < 1.29 is 9.90 Å². The van der Waals surface area contributed by atoms with Crippen molar-refractivity contribution in [1.29, 1.82) is 0 Å². The number of carbonyl (C=O) groups excluding carboxylic acids is 1. The molecular formula is C32H40N4O3S2. The lowest BCUT2D eigenvalue weighted by atomic mass is 10.1. The molecule has 3 heterocycles. The monoisotopic (exact) mass is 592 g/mol. The number of nitrogens with one attached hydrogen (secondary N) is 1. The van der Waals surface area contributed by atoms with E-state index in [0.29, 0.717) is 27.2 Å². The van der Waals surface area contributed by atoms with Gasteiger partial charge in [-0.2, -0.15) is 0 Å². The predicted molar refractivity (Wildman–Crippen MR) is 173 cm³/mol. The Morgan fingerprint density at radius 1 is 0.951 bits per heavy atom. The first-order chi connectivity index (χ1) is 20.0. The number of pyridine rings is 1. The molecule has 41 heavy (non-hydrogen) atoms. The molecular weight excluding hydrogens is 553 g/mol. The van der Waals surface area contributed by atoms with Gasteiger partial charge in [0, 0.05) is 19.3 Å². The molecule has 7 nitrogen and oxygen atoms in total. The molecule has 0 bridgehead atoms. The van der Waals surface area contributed by atoms with Gasteiger partial charge in [-0.3, -0.25) is 18.9 Å². The fourth-order valence-corrected chi connectivity index (χ4v) is 6.23. The van der Waals surface area contributed by atoms with Gasteiger partial charge in [-0.05, 0) is 30.2 Å². The first-order valence-electron chi connectivity index (χ1n) is 14.7. The second-order valence-electron chi connectivity index (χ2n) is 10.4. The van der Waals surface area contributed by atoms with Crippen LogP contribution in [0.1, 0.15) is 88.4 Å². The number of rotatable bonds is 16. The van der Waals surface area contributed by atoms with Crippen LogP contribution in [0.3, 0.4) is 0 Å². The van der Waals surface area contributed by atoms with Crippen LogP contribution < -0.4 is 10.9 Å². The normalized spacial score (nSPS) is 15.3. The number of hydrogen-bond donors (Lipinski definition) is 2. The highest BCUT2D eigenvalue weighted by Crippen LogP contribution is 2.33. The van der Waals surface area contributed by atoms with Crippen molar-refractivity contribution in [2.75, 3.05) is 18.4 Å². The van der Waals surface area contributed by atoms with Crippen molar-refractivity contribution in [3.05, 3.63) is 81.1 Å². The third-order valence-electron chi connectivity index (χ3n) is 7.30. The summed E-state index contributed by atoms with van der Waals surface area (Å²) in [5.74, 6) is 0.139. The number of nitrogens with zero attached hydrogens (tertiary/aromatic N) is 3. The Morgan fingerprint density at radius 3 is 2.32 bits per heavy atom. The van der Waals surface area contributed by atoms with Crippen LogP contribution in [0.4, 0.5) is 5.82 Å². The minimum absolute atomic E-state index is 0.153. The molecule has 4 rings (SSSR count). The van der Waals surface area contributed by atoms with Crippen LogP contribution in [-0.2, 0) is 4.79 Å². The highest BCUT2D eigenvalue weighted by Gasteiger charge is 2.32. The Morgan fingerprint density at radius 2 is 1.61 bits per heavy atom. The van der Waals surface area contributed by atoms with Gasteiger partial charge in [-0.25, -0.2) is 4.98 Å². The Balaban J connectivity index is 1.41. The number of benzene rings is 1. The van der Waals surface area contributed by atoms with Gasteiger partial charge in [0.05, 0.1) is 16.6 Å². The molecule has 9 heteroatoms. The summed E-state index contributed by atoms with van der Waals surface area (Å²) in [7, 11) is 0. The lowest BCUT2D eigenvalue weighted by molar-refractivity contribution is -0.122. The maximum atomic E-state index is 13.5. The SMILES string of the molecule is CCCCCCCCCCCCN1C(=O)C(=Cc2c(NCC(O)c3ccccc3)nc3ccccn3c2=O)SC1=S. The van der Waals surface area contributed by atoms with E-state index in [0.717, 1.165) is 18.4 Å². The number of aromatic nitrogens is 2. The van der Waals surface area contributed by atoms with Crippen LogP contribution in [0, 0.1) is 0 Å². The first kappa shape index (κ1) is 30.9. The fraction of sp³-hybridized carbons (Fsp3) is 0.438. The Hall–Kier alpha value is -3.01. The molecule has 0 spiro atoms. The van der Waals surface area contributed by atoms with E-state index in [1.54, 1.807) is 29.3 Å². The molecule has 1 atom stereocenters. The van der Waals surface area contributed by atoms with Crippen LogP contribution in [0.15, 0.2) is 64.4 Å². The molecule has 1 fully saturated rings. The smallest absolute Gasteiger partial charge is 0.267 e. The Kier molecular flexibility index (Phi) is 12.0. The molecule has 1 unspecified atom stereocenters. The van der Waals surface area contributed by atoms with E-state index in [1.165, 1.54) is 67.5 Å². The van der Waals surface area contributed by atoms with Gasteiger partial charge >= 0.3 is 0 Å². The summed E-state index contributed by atoms with van der Waals surface area (Å²) in [4.78, 5) is 33.5. The molecule has 1 amide bonds. The summed E-state index contributed by atoms with van der Waals surface area (Å²) in [5.41, 5.74) is 1.19. The van der Waals surface area contributed by atoms with Gasteiger partial charge in [-0.15, -0.1) is 0 Å². The van der Waals surface area contributed by atoms with E-state index in [1.807, 2.05) is 36.4 Å². The van der Waals surface area contributed by atoms with Gasteiger partial charge in [0.2, 0.25) is 0 Å². The van der Waals surface area contributed by atoms with E-state index >= 15 is 0 Å². The first-order valence-corrected chi connectivity index (χ1v) is 16.0. The molecule has 1 aromatic carbocycles.